The average molecular weight is 265 g/mol. The lowest BCUT2D eigenvalue weighted by atomic mass is 9.99. The van der Waals surface area contributed by atoms with E-state index in [0.29, 0.717) is 30.8 Å². The normalized spacial score (nSPS) is 17.6. The fraction of sp³-hybridized carbons (Fsp3) is 0.615. The SMILES string of the molecule is CCC(C)(OC)c1nc2c(c(C(=O)O)n1)CNCC2. The van der Waals surface area contributed by atoms with Gasteiger partial charge in [-0.15, -0.1) is 0 Å². The van der Waals surface area contributed by atoms with Crippen molar-refractivity contribution >= 4 is 5.97 Å². The lowest BCUT2D eigenvalue weighted by Gasteiger charge is -2.27. The first-order chi connectivity index (χ1) is 9.01. The highest BCUT2D eigenvalue weighted by atomic mass is 16.5. The lowest BCUT2D eigenvalue weighted by Crippen LogP contribution is -2.32. The van der Waals surface area contributed by atoms with E-state index in [1.54, 1.807) is 7.11 Å². The second-order valence-corrected chi connectivity index (χ2v) is 4.84. The minimum Gasteiger partial charge on any atom is -0.476 e. The Morgan fingerprint density at radius 1 is 1.53 bits per heavy atom. The van der Waals surface area contributed by atoms with Crippen LogP contribution >= 0.6 is 0 Å². The van der Waals surface area contributed by atoms with Crippen molar-refractivity contribution in [1.82, 2.24) is 15.3 Å². The molecular weight excluding hydrogens is 246 g/mol. The molecule has 0 saturated carbocycles. The number of hydrogen-bond acceptors (Lipinski definition) is 5. The molecule has 6 heteroatoms. The Balaban J connectivity index is 2.58. The number of aromatic nitrogens is 2. The number of carboxylic acid groups (broad SMARTS) is 1. The fourth-order valence-electron chi connectivity index (χ4n) is 2.15. The Labute approximate surface area is 112 Å². The number of aromatic carboxylic acids is 1. The maximum Gasteiger partial charge on any atom is 0.354 e. The van der Waals surface area contributed by atoms with Gasteiger partial charge < -0.3 is 15.2 Å². The quantitative estimate of drug-likeness (QED) is 0.848. The fourth-order valence-corrected chi connectivity index (χ4v) is 2.15. The number of methoxy groups -OCH3 is 1. The molecule has 0 bridgehead atoms. The van der Waals surface area contributed by atoms with Gasteiger partial charge in [0, 0.05) is 32.2 Å². The van der Waals surface area contributed by atoms with Crippen LogP contribution in [0.4, 0.5) is 0 Å². The average Bonchev–Trinajstić information content (AvgIpc) is 2.45. The van der Waals surface area contributed by atoms with Gasteiger partial charge in [0.15, 0.2) is 11.5 Å². The van der Waals surface area contributed by atoms with Gasteiger partial charge in [0.25, 0.3) is 0 Å². The monoisotopic (exact) mass is 265 g/mol. The molecule has 0 amide bonds. The summed E-state index contributed by atoms with van der Waals surface area (Å²) in [6.45, 7) is 5.15. The summed E-state index contributed by atoms with van der Waals surface area (Å²) in [6, 6.07) is 0. The van der Waals surface area contributed by atoms with Gasteiger partial charge in [-0.05, 0) is 13.3 Å². The summed E-state index contributed by atoms with van der Waals surface area (Å²) in [5.74, 6) is -0.561. The number of nitrogens with zero attached hydrogens (tertiary/aromatic N) is 2. The number of hydrogen-bond donors (Lipinski definition) is 2. The molecule has 1 unspecified atom stereocenters. The molecule has 0 fully saturated rings. The topological polar surface area (TPSA) is 84.3 Å². The minimum absolute atomic E-state index is 0.0870. The second-order valence-electron chi connectivity index (χ2n) is 4.84. The van der Waals surface area contributed by atoms with Gasteiger partial charge in [-0.2, -0.15) is 0 Å². The Morgan fingerprint density at radius 2 is 2.26 bits per heavy atom. The zero-order chi connectivity index (χ0) is 14.0. The second kappa shape index (κ2) is 5.22. The number of fused-ring (bicyclic) bond motifs is 1. The Kier molecular flexibility index (Phi) is 3.82. The number of ether oxygens (including phenoxy) is 1. The lowest BCUT2D eigenvalue weighted by molar-refractivity contribution is -0.00944. The Bertz CT molecular complexity index is 498. The molecule has 0 saturated heterocycles. The minimum atomic E-state index is -1.02. The van der Waals surface area contributed by atoms with E-state index in [1.807, 2.05) is 13.8 Å². The van der Waals surface area contributed by atoms with Gasteiger partial charge in [-0.25, -0.2) is 14.8 Å². The Hall–Kier alpha value is -1.53. The van der Waals surface area contributed by atoms with Crippen molar-refractivity contribution in [1.29, 1.82) is 0 Å². The van der Waals surface area contributed by atoms with Crippen LogP contribution in [0.25, 0.3) is 0 Å². The molecule has 0 radical (unpaired) electrons. The van der Waals surface area contributed by atoms with Crippen molar-refractivity contribution in [3.05, 3.63) is 22.8 Å². The molecule has 0 aromatic carbocycles. The molecule has 1 aromatic rings. The van der Waals surface area contributed by atoms with Gasteiger partial charge in [0.05, 0.1) is 5.69 Å². The predicted molar refractivity (Wildman–Crippen MR) is 69.1 cm³/mol. The van der Waals surface area contributed by atoms with E-state index in [1.165, 1.54) is 0 Å². The van der Waals surface area contributed by atoms with Crippen molar-refractivity contribution in [3.63, 3.8) is 0 Å². The number of carboxylic acids is 1. The molecule has 104 valence electrons. The van der Waals surface area contributed by atoms with Crippen molar-refractivity contribution in [3.8, 4) is 0 Å². The van der Waals surface area contributed by atoms with Crippen LogP contribution in [0.5, 0.6) is 0 Å². The maximum atomic E-state index is 11.4. The number of carbonyl (C=O) groups is 1. The summed E-state index contributed by atoms with van der Waals surface area (Å²) in [6.07, 6.45) is 1.40. The van der Waals surface area contributed by atoms with Gasteiger partial charge in [-0.1, -0.05) is 6.92 Å². The molecule has 1 aliphatic rings. The van der Waals surface area contributed by atoms with E-state index in [0.717, 1.165) is 12.2 Å². The largest absolute Gasteiger partial charge is 0.476 e. The highest BCUT2D eigenvalue weighted by Crippen LogP contribution is 2.27. The van der Waals surface area contributed by atoms with E-state index in [9.17, 15) is 9.90 Å². The molecule has 1 aliphatic heterocycles. The van der Waals surface area contributed by atoms with Crippen LogP contribution in [0.2, 0.25) is 0 Å². The standard InChI is InChI=1S/C13H19N3O3/c1-4-13(2,19-3)12-15-9-5-6-14-7-8(9)10(16-12)11(17)18/h14H,4-7H2,1-3H3,(H,17,18). The number of nitrogens with one attached hydrogen (secondary N) is 1. The molecule has 19 heavy (non-hydrogen) atoms. The van der Waals surface area contributed by atoms with Crippen LogP contribution < -0.4 is 5.32 Å². The highest BCUT2D eigenvalue weighted by molar-refractivity contribution is 5.87. The molecule has 6 nitrogen and oxygen atoms in total. The Morgan fingerprint density at radius 3 is 2.84 bits per heavy atom. The van der Waals surface area contributed by atoms with Crippen molar-refractivity contribution in [2.75, 3.05) is 13.7 Å². The highest BCUT2D eigenvalue weighted by Gasteiger charge is 2.31. The van der Waals surface area contributed by atoms with Crippen LogP contribution in [0.1, 0.15) is 47.8 Å². The maximum absolute atomic E-state index is 11.4. The van der Waals surface area contributed by atoms with E-state index >= 15 is 0 Å². The third kappa shape index (κ3) is 2.46. The van der Waals surface area contributed by atoms with Crippen molar-refractivity contribution in [2.45, 2.75) is 38.8 Å². The molecule has 2 heterocycles. The molecule has 1 atom stereocenters. The first-order valence-corrected chi connectivity index (χ1v) is 6.41. The smallest absolute Gasteiger partial charge is 0.354 e. The summed E-state index contributed by atoms with van der Waals surface area (Å²) in [7, 11) is 1.59. The van der Waals surface area contributed by atoms with Crippen LogP contribution in [-0.2, 0) is 23.3 Å². The van der Waals surface area contributed by atoms with Crippen molar-refractivity contribution in [2.24, 2.45) is 0 Å². The van der Waals surface area contributed by atoms with Gasteiger partial charge in [0.1, 0.15) is 5.60 Å². The van der Waals surface area contributed by atoms with Crippen molar-refractivity contribution < 1.29 is 14.6 Å². The summed E-state index contributed by atoms with van der Waals surface area (Å²) in [4.78, 5) is 20.1. The van der Waals surface area contributed by atoms with E-state index in [2.05, 4.69) is 15.3 Å². The first-order valence-electron chi connectivity index (χ1n) is 6.41. The zero-order valence-corrected chi connectivity index (χ0v) is 11.5. The molecular formula is C13H19N3O3. The third-order valence-corrected chi connectivity index (χ3v) is 3.73. The van der Waals surface area contributed by atoms with Gasteiger partial charge in [0.2, 0.25) is 0 Å². The summed E-state index contributed by atoms with van der Waals surface area (Å²) < 4.78 is 5.47. The molecule has 0 spiro atoms. The summed E-state index contributed by atoms with van der Waals surface area (Å²) in [5.41, 5.74) is 0.947. The van der Waals surface area contributed by atoms with E-state index < -0.39 is 11.6 Å². The zero-order valence-electron chi connectivity index (χ0n) is 11.5. The molecule has 2 rings (SSSR count). The van der Waals surface area contributed by atoms with Gasteiger partial charge in [-0.3, -0.25) is 0 Å². The number of rotatable bonds is 4. The molecule has 1 aromatic heterocycles. The predicted octanol–water partition coefficient (Wildman–Crippen LogP) is 1.09. The molecule has 0 aliphatic carbocycles. The first kappa shape index (κ1) is 13.9. The third-order valence-electron chi connectivity index (χ3n) is 3.73. The van der Waals surface area contributed by atoms with Gasteiger partial charge >= 0.3 is 5.97 Å². The van der Waals surface area contributed by atoms with E-state index in [-0.39, 0.29) is 5.69 Å². The van der Waals surface area contributed by atoms with Crippen LogP contribution in [0, 0.1) is 0 Å². The van der Waals surface area contributed by atoms with E-state index in [4.69, 9.17) is 4.74 Å². The van der Waals surface area contributed by atoms with Crippen LogP contribution in [0.15, 0.2) is 0 Å². The van der Waals surface area contributed by atoms with Crippen LogP contribution in [-0.4, -0.2) is 34.7 Å². The molecule has 2 N–H and O–H groups in total. The van der Waals surface area contributed by atoms with Crippen LogP contribution in [0.3, 0.4) is 0 Å². The summed E-state index contributed by atoms with van der Waals surface area (Å²) in [5, 5.41) is 12.5. The summed E-state index contributed by atoms with van der Waals surface area (Å²) >= 11 is 0.